The Morgan fingerprint density at radius 1 is 1.69 bits per heavy atom. The number of rotatable bonds is 3. The molecule has 0 spiro atoms. The van der Waals surface area contributed by atoms with Crippen molar-refractivity contribution >= 4 is 22.6 Å². The molecular weight excluding hydrogens is 222 g/mol. The van der Waals surface area contributed by atoms with E-state index in [4.69, 9.17) is 4.84 Å². The molecule has 3 nitrogen and oxygen atoms in total. The maximum absolute atomic E-state index is 12.2. The third kappa shape index (κ3) is 1.67. The van der Waals surface area contributed by atoms with Crippen LogP contribution in [0.3, 0.4) is 0 Å². The van der Waals surface area contributed by atoms with E-state index in [-0.39, 0.29) is 11.0 Å². The second kappa shape index (κ2) is 4.40. The number of fused-ring (bicyclic) bond motifs is 1. The fourth-order valence-corrected chi connectivity index (χ4v) is 3.50. The number of carbonyl (C=O) groups is 1. The van der Waals surface area contributed by atoms with Crippen molar-refractivity contribution in [2.45, 2.75) is 45.6 Å². The highest BCUT2D eigenvalue weighted by Crippen LogP contribution is 2.47. The maximum atomic E-state index is 12.2. The number of hydrogen-bond acceptors (Lipinski definition) is 4. The van der Waals surface area contributed by atoms with Crippen molar-refractivity contribution in [3.8, 4) is 0 Å². The molecule has 0 saturated heterocycles. The van der Waals surface area contributed by atoms with Crippen molar-refractivity contribution in [3.63, 3.8) is 0 Å². The summed E-state index contributed by atoms with van der Waals surface area (Å²) in [6, 6.07) is 0. The van der Waals surface area contributed by atoms with Crippen molar-refractivity contribution in [3.05, 3.63) is 0 Å². The number of hydrogen-bond donors (Lipinski definition) is 0. The molecule has 0 aromatic carbocycles. The lowest BCUT2D eigenvalue weighted by Gasteiger charge is -2.25. The van der Waals surface area contributed by atoms with Gasteiger partial charge in [-0.2, -0.15) is 0 Å². The highest BCUT2D eigenvalue weighted by Gasteiger charge is 2.57. The van der Waals surface area contributed by atoms with E-state index in [2.05, 4.69) is 19.0 Å². The van der Waals surface area contributed by atoms with Crippen molar-refractivity contribution in [1.29, 1.82) is 0 Å². The SMILES string of the molecule is CCSC(=O)C12CCCC1C(C(C)C)=NO2. The predicted molar refractivity (Wildman–Crippen MR) is 66.6 cm³/mol. The van der Waals surface area contributed by atoms with E-state index in [0.717, 1.165) is 30.7 Å². The Morgan fingerprint density at radius 2 is 2.44 bits per heavy atom. The molecule has 16 heavy (non-hydrogen) atoms. The zero-order valence-corrected chi connectivity index (χ0v) is 11.0. The molecule has 0 radical (unpaired) electrons. The molecule has 0 aromatic heterocycles. The molecule has 2 aliphatic rings. The molecule has 0 aromatic rings. The van der Waals surface area contributed by atoms with E-state index >= 15 is 0 Å². The Hall–Kier alpha value is -0.510. The molecule has 0 amide bonds. The van der Waals surface area contributed by atoms with Gasteiger partial charge in [-0.3, -0.25) is 4.79 Å². The molecule has 0 bridgehead atoms. The van der Waals surface area contributed by atoms with Crippen LogP contribution >= 0.6 is 11.8 Å². The molecule has 2 atom stereocenters. The van der Waals surface area contributed by atoms with Crippen LogP contribution in [0.15, 0.2) is 5.16 Å². The molecule has 1 saturated carbocycles. The molecular formula is C12H19NO2S. The lowest BCUT2D eigenvalue weighted by atomic mass is 9.84. The van der Waals surface area contributed by atoms with Crippen LogP contribution in [0.2, 0.25) is 0 Å². The van der Waals surface area contributed by atoms with Gasteiger partial charge in [0.05, 0.1) is 11.6 Å². The summed E-state index contributed by atoms with van der Waals surface area (Å²) in [6.07, 6.45) is 2.96. The summed E-state index contributed by atoms with van der Waals surface area (Å²) < 4.78 is 0. The summed E-state index contributed by atoms with van der Waals surface area (Å²) in [7, 11) is 0. The molecule has 2 rings (SSSR count). The van der Waals surface area contributed by atoms with Gasteiger partial charge in [-0.1, -0.05) is 37.7 Å². The molecule has 2 unspecified atom stereocenters. The first-order chi connectivity index (χ1) is 7.62. The van der Waals surface area contributed by atoms with Gasteiger partial charge in [-0.25, -0.2) is 0 Å². The van der Waals surface area contributed by atoms with Gasteiger partial charge in [0.15, 0.2) is 0 Å². The molecule has 90 valence electrons. The van der Waals surface area contributed by atoms with Gasteiger partial charge < -0.3 is 4.84 Å². The van der Waals surface area contributed by atoms with E-state index in [9.17, 15) is 4.79 Å². The second-order valence-corrected chi connectivity index (χ2v) is 6.05. The largest absolute Gasteiger partial charge is 0.380 e. The summed E-state index contributed by atoms with van der Waals surface area (Å²) in [5.41, 5.74) is 0.475. The van der Waals surface area contributed by atoms with Crippen LogP contribution in [0.1, 0.15) is 40.0 Å². The first-order valence-electron chi connectivity index (χ1n) is 6.05. The topological polar surface area (TPSA) is 38.7 Å². The summed E-state index contributed by atoms with van der Waals surface area (Å²) in [4.78, 5) is 17.8. The van der Waals surface area contributed by atoms with Crippen LogP contribution in [-0.4, -0.2) is 22.2 Å². The van der Waals surface area contributed by atoms with E-state index in [1.807, 2.05) is 6.92 Å². The maximum Gasteiger partial charge on any atom is 0.236 e. The lowest BCUT2D eigenvalue weighted by Crippen LogP contribution is -2.42. The number of thioether (sulfide) groups is 1. The van der Waals surface area contributed by atoms with Gasteiger partial charge >= 0.3 is 0 Å². The molecule has 4 heteroatoms. The van der Waals surface area contributed by atoms with Gasteiger partial charge in [-0.05, 0) is 30.9 Å². The van der Waals surface area contributed by atoms with Crippen LogP contribution in [-0.2, 0) is 9.63 Å². The average molecular weight is 241 g/mol. The fourth-order valence-electron chi connectivity index (χ4n) is 2.71. The summed E-state index contributed by atoms with van der Waals surface area (Å²) in [5.74, 6) is 1.43. The molecule has 1 aliphatic heterocycles. The van der Waals surface area contributed by atoms with E-state index in [1.54, 1.807) is 0 Å². The average Bonchev–Trinajstić information content (AvgIpc) is 2.74. The third-order valence-electron chi connectivity index (χ3n) is 3.49. The first kappa shape index (κ1) is 12.0. The molecule has 1 aliphatic carbocycles. The van der Waals surface area contributed by atoms with Crippen LogP contribution in [0.5, 0.6) is 0 Å². The predicted octanol–water partition coefficient (Wildman–Crippen LogP) is 2.85. The highest BCUT2D eigenvalue weighted by atomic mass is 32.2. The minimum absolute atomic E-state index is 0.178. The monoisotopic (exact) mass is 241 g/mol. The first-order valence-corrected chi connectivity index (χ1v) is 7.03. The highest BCUT2D eigenvalue weighted by molar-refractivity contribution is 8.13. The summed E-state index contributed by atoms with van der Waals surface area (Å²) in [6.45, 7) is 6.24. The quantitative estimate of drug-likeness (QED) is 0.762. The van der Waals surface area contributed by atoms with Crippen molar-refractivity contribution in [2.75, 3.05) is 5.75 Å². The van der Waals surface area contributed by atoms with E-state index in [0.29, 0.717) is 5.92 Å². The number of oxime groups is 1. The van der Waals surface area contributed by atoms with Crippen LogP contribution in [0, 0.1) is 11.8 Å². The van der Waals surface area contributed by atoms with Gasteiger partial charge in [0.2, 0.25) is 10.7 Å². The Balaban J connectivity index is 2.21. The fraction of sp³-hybridized carbons (Fsp3) is 0.833. The zero-order chi connectivity index (χ0) is 11.8. The number of nitrogens with zero attached hydrogens (tertiary/aromatic N) is 1. The van der Waals surface area contributed by atoms with E-state index in [1.165, 1.54) is 11.8 Å². The van der Waals surface area contributed by atoms with Crippen molar-refractivity contribution in [2.24, 2.45) is 17.0 Å². The lowest BCUT2D eigenvalue weighted by molar-refractivity contribution is -0.133. The third-order valence-corrected chi connectivity index (χ3v) is 4.38. The van der Waals surface area contributed by atoms with Gasteiger partial charge in [0.25, 0.3) is 0 Å². The minimum atomic E-state index is -0.611. The molecule has 1 heterocycles. The molecule has 0 N–H and O–H groups in total. The Kier molecular flexibility index (Phi) is 3.29. The van der Waals surface area contributed by atoms with E-state index < -0.39 is 5.60 Å². The smallest absolute Gasteiger partial charge is 0.236 e. The van der Waals surface area contributed by atoms with Crippen LogP contribution in [0.4, 0.5) is 0 Å². The Labute approximate surface area is 101 Å². The van der Waals surface area contributed by atoms with Gasteiger partial charge in [0.1, 0.15) is 0 Å². The van der Waals surface area contributed by atoms with Gasteiger partial charge in [0, 0.05) is 0 Å². The van der Waals surface area contributed by atoms with Gasteiger partial charge in [-0.15, -0.1) is 0 Å². The van der Waals surface area contributed by atoms with Crippen molar-refractivity contribution < 1.29 is 9.63 Å². The Morgan fingerprint density at radius 3 is 3.06 bits per heavy atom. The summed E-state index contributed by atoms with van der Waals surface area (Å²) in [5, 5.41) is 4.36. The second-order valence-electron chi connectivity index (χ2n) is 4.82. The summed E-state index contributed by atoms with van der Waals surface area (Å²) >= 11 is 1.37. The number of carbonyl (C=O) groups excluding carboxylic acids is 1. The van der Waals surface area contributed by atoms with Crippen LogP contribution in [0.25, 0.3) is 0 Å². The zero-order valence-electron chi connectivity index (χ0n) is 10.2. The minimum Gasteiger partial charge on any atom is -0.380 e. The normalized spacial score (nSPS) is 32.5. The van der Waals surface area contributed by atoms with Crippen molar-refractivity contribution in [1.82, 2.24) is 0 Å². The van der Waals surface area contributed by atoms with Crippen LogP contribution < -0.4 is 0 Å². The molecule has 1 fully saturated rings. The standard InChI is InChI=1S/C12H19NO2S/c1-4-16-11(14)12-7-5-6-9(12)10(8(2)3)13-15-12/h8-9H,4-7H2,1-3H3. The Bertz CT molecular complexity index is 327.